The lowest BCUT2D eigenvalue weighted by Gasteiger charge is -2.21. The molecule has 1 aromatic heterocycles. The molecule has 0 bridgehead atoms. The van der Waals surface area contributed by atoms with E-state index in [0.717, 1.165) is 18.7 Å². The molecule has 4 heteroatoms. The molecule has 3 rings (SSSR count). The molecule has 0 aliphatic carbocycles. The second-order valence-corrected chi connectivity index (χ2v) is 5.31. The van der Waals surface area contributed by atoms with E-state index in [2.05, 4.69) is 27.8 Å². The van der Waals surface area contributed by atoms with Crippen molar-refractivity contribution in [1.29, 1.82) is 0 Å². The van der Waals surface area contributed by atoms with Crippen LogP contribution in [-0.2, 0) is 4.79 Å². The molecule has 1 aromatic carbocycles. The highest BCUT2D eigenvalue weighted by Gasteiger charge is 2.22. The Labute approximate surface area is 124 Å². The highest BCUT2D eigenvalue weighted by Crippen LogP contribution is 2.20. The summed E-state index contributed by atoms with van der Waals surface area (Å²) in [7, 11) is 0. The van der Waals surface area contributed by atoms with Gasteiger partial charge in [-0.3, -0.25) is 9.78 Å². The molecule has 1 amide bonds. The maximum Gasteiger partial charge on any atom is 0.220 e. The van der Waals surface area contributed by atoms with Crippen LogP contribution in [0.25, 0.3) is 0 Å². The van der Waals surface area contributed by atoms with E-state index in [0.29, 0.717) is 6.42 Å². The Kier molecular flexibility index (Phi) is 4.26. The lowest BCUT2D eigenvalue weighted by atomic mass is 10.0. The molecule has 2 heterocycles. The van der Waals surface area contributed by atoms with Gasteiger partial charge in [0.15, 0.2) is 0 Å². The van der Waals surface area contributed by atoms with Gasteiger partial charge in [0.2, 0.25) is 5.91 Å². The summed E-state index contributed by atoms with van der Waals surface area (Å²) in [5.41, 5.74) is 2.17. The molecular weight excluding hydrogens is 262 g/mol. The van der Waals surface area contributed by atoms with Crippen molar-refractivity contribution in [2.24, 2.45) is 0 Å². The zero-order valence-electron chi connectivity index (χ0n) is 11.8. The largest absolute Gasteiger partial charge is 0.352 e. The number of amides is 1. The SMILES string of the molecule is O=C1CCC(CNC(c2ccccc2)c2ccccn2)N1. The van der Waals surface area contributed by atoms with Crippen molar-refractivity contribution in [1.82, 2.24) is 15.6 Å². The second kappa shape index (κ2) is 6.50. The van der Waals surface area contributed by atoms with E-state index < -0.39 is 0 Å². The Morgan fingerprint density at radius 2 is 2.00 bits per heavy atom. The average molecular weight is 281 g/mol. The van der Waals surface area contributed by atoms with Gasteiger partial charge >= 0.3 is 0 Å². The van der Waals surface area contributed by atoms with Crippen molar-refractivity contribution in [3.8, 4) is 0 Å². The molecule has 0 spiro atoms. The summed E-state index contributed by atoms with van der Waals surface area (Å²) in [4.78, 5) is 15.8. The highest BCUT2D eigenvalue weighted by atomic mass is 16.1. The Balaban J connectivity index is 1.75. The molecule has 0 saturated carbocycles. The second-order valence-electron chi connectivity index (χ2n) is 5.31. The Hall–Kier alpha value is -2.20. The van der Waals surface area contributed by atoms with Crippen LogP contribution in [0.5, 0.6) is 0 Å². The summed E-state index contributed by atoms with van der Waals surface area (Å²) in [5.74, 6) is 0.149. The number of hydrogen-bond donors (Lipinski definition) is 2. The molecule has 2 unspecified atom stereocenters. The first-order valence-corrected chi connectivity index (χ1v) is 7.31. The number of carbonyl (C=O) groups is 1. The van der Waals surface area contributed by atoms with Crippen LogP contribution in [0.1, 0.15) is 30.1 Å². The van der Waals surface area contributed by atoms with Crippen LogP contribution in [0.4, 0.5) is 0 Å². The number of rotatable bonds is 5. The van der Waals surface area contributed by atoms with E-state index in [1.807, 2.05) is 42.6 Å². The third-order valence-corrected chi connectivity index (χ3v) is 3.77. The molecule has 2 atom stereocenters. The van der Waals surface area contributed by atoms with Gasteiger partial charge in [-0.1, -0.05) is 36.4 Å². The number of benzene rings is 1. The van der Waals surface area contributed by atoms with E-state index in [1.165, 1.54) is 5.56 Å². The summed E-state index contributed by atoms with van der Waals surface area (Å²) < 4.78 is 0. The van der Waals surface area contributed by atoms with Gasteiger partial charge in [0, 0.05) is 25.2 Å². The minimum Gasteiger partial charge on any atom is -0.352 e. The monoisotopic (exact) mass is 281 g/mol. The van der Waals surface area contributed by atoms with Crippen molar-refractivity contribution in [3.05, 3.63) is 66.0 Å². The van der Waals surface area contributed by atoms with Gasteiger partial charge in [0.1, 0.15) is 0 Å². The van der Waals surface area contributed by atoms with E-state index in [4.69, 9.17) is 0 Å². The Morgan fingerprint density at radius 1 is 1.19 bits per heavy atom. The summed E-state index contributed by atoms with van der Waals surface area (Å²) in [5, 5.41) is 6.53. The molecule has 21 heavy (non-hydrogen) atoms. The van der Waals surface area contributed by atoms with Crippen molar-refractivity contribution in [3.63, 3.8) is 0 Å². The van der Waals surface area contributed by atoms with Crippen LogP contribution in [0.2, 0.25) is 0 Å². The first-order valence-electron chi connectivity index (χ1n) is 7.31. The molecule has 1 aliphatic heterocycles. The van der Waals surface area contributed by atoms with Crippen LogP contribution in [0.3, 0.4) is 0 Å². The number of pyridine rings is 1. The summed E-state index contributed by atoms with van der Waals surface area (Å²) >= 11 is 0. The molecule has 2 N–H and O–H groups in total. The fraction of sp³-hybridized carbons (Fsp3) is 0.294. The molecular formula is C17H19N3O. The predicted molar refractivity (Wildman–Crippen MR) is 81.7 cm³/mol. The van der Waals surface area contributed by atoms with E-state index >= 15 is 0 Å². The van der Waals surface area contributed by atoms with Crippen LogP contribution >= 0.6 is 0 Å². The topological polar surface area (TPSA) is 54.0 Å². The van der Waals surface area contributed by atoms with E-state index in [1.54, 1.807) is 0 Å². The summed E-state index contributed by atoms with van der Waals surface area (Å²) in [6.45, 7) is 0.752. The van der Waals surface area contributed by atoms with Crippen molar-refractivity contribution >= 4 is 5.91 Å². The number of aromatic nitrogens is 1. The van der Waals surface area contributed by atoms with Crippen molar-refractivity contribution < 1.29 is 4.79 Å². The van der Waals surface area contributed by atoms with Gasteiger partial charge in [-0.25, -0.2) is 0 Å². The van der Waals surface area contributed by atoms with Gasteiger partial charge in [0.25, 0.3) is 0 Å². The fourth-order valence-electron chi connectivity index (χ4n) is 2.68. The van der Waals surface area contributed by atoms with Crippen LogP contribution < -0.4 is 10.6 Å². The molecule has 1 fully saturated rings. The predicted octanol–water partition coefficient (Wildman–Crippen LogP) is 2.04. The molecule has 1 saturated heterocycles. The normalized spacial score (nSPS) is 19.2. The number of nitrogens with zero attached hydrogens (tertiary/aromatic N) is 1. The van der Waals surface area contributed by atoms with Gasteiger partial charge in [-0.05, 0) is 24.1 Å². The van der Waals surface area contributed by atoms with E-state index in [9.17, 15) is 4.79 Å². The maximum absolute atomic E-state index is 11.3. The minimum absolute atomic E-state index is 0.0462. The van der Waals surface area contributed by atoms with Crippen LogP contribution in [0, 0.1) is 0 Å². The lowest BCUT2D eigenvalue weighted by Crippen LogP contribution is -2.37. The number of nitrogens with one attached hydrogen (secondary N) is 2. The Bertz CT molecular complexity index is 546. The Morgan fingerprint density at radius 3 is 2.67 bits per heavy atom. The van der Waals surface area contributed by atoms with E-state index in [-0.39, 0.29) is 18.0 Å². The zero-order valence-corrected chi connectivity index (χ0v) is 11.8. The van der Waals surface area contributed by atoms with Gasteiger partial charge in [0.05, 0.1) is 11.7 Å². The zero-order chi connectivity index (χ0) is 14.5. The molecule has 4 nitrogen and oxygen atoms in total. The molecule has 0 radical (unpaired) electrons. The standard InChI is InChI=1S/C17H19N3O/c21-16-10-9-14(20-16)12-19-17(13-6-2-1-3-7-13)15-8-4-5-11-18-15/h1-8,11,14,17,19H,9-10,12H2,(H,20,21). The molecule has 108 valence electrons. The number of hydrogen-bond acceptors (Lipinski definition) is 3. The maximum atomic E-state index is 11.3. The third kappa shape index (κ3) is 3.47. The van der Waals surface area contributed by atoms with Crippen LogP contribution in [-0.4, -0.2) is 23.5 Å². The lowest BCUT2D eigenvalue weighted by molar-refractivity contribution is -0.119. The third-order valence-electron chi connectivity index (χ3n) is 3.77. The smallest absolute Gasteiger partial charge is 0.220 e. The molecule has 1 aliphatic rings. The summed E-state index contributed by atoms with van der Waals surface area (Å²) in [6, 6.07) is 16.5. The first kappa shape index (κ1) is 13.8. The number of carbonyl (C=O) groups excluding carboxylic acids is 1. The summed E-state index contributed by atoms with van der Waals surface area (Å²) in [6.07, 6.45) is 3.34. The van der Waals surface area contributed by atoms with Gasteiger partial charge in [-0.2, -0.15) is 0 Å². The molecule has 2 aromatic rings. The van der Waals surface area contributed by atoms with Crippen molar-refractivity contribution in [2.75, 3.05) is 6.54 Å². The van der Waals surface area contributed by atoms with Crippen LogP contribution in [0.15, 0.2) is 54.7 Å². The van der Waals surface area contributed by atoms with Gasteiger partial charge in [-0.15, -0.1) is 0 Å². The fourth-order valence-corrected chi connectivity index (χ4v) is 2.68. The highest BCUT2D eigenvalue weighted by molar-refractivity contribution is 5.78. The minimum atomic E-state index is 0.0462. The average Bonchev–Trinajstić information content (AvgIpc) is 2.95. The van der Waals surface area contributed by atoms with Crippen molar-refractivity contribution in [2.45, 2.75) is 24.9 Å². The quantitative estimate of drug-likeness (QED) is 0.882. The first-order chi connectivity index (χ1) is 10.3. The van der Waals surface area contributed by atoms with Gasteiger partial charge < -0.3 is 10.6 Å².